The first-order valence-corrected chi connectivity index (χ1v) is 8.25. The average molecular weight is 304 g/mol. The molecule has 3 rings (SSSR count). The van der Waals surface area contributed by atoms with Gasteiger partial charge in [0.25, 0.3) is 0 Å². The summed E-state index contributed by atoms with van der Waals surface area (Å²) in [7, 11) is 0. The van der Waals surface area contributed by atoms with Crippen LogP contribution in [-0.4, -0.2) is 28.4 Å². The van der Waals surface area contributed by atoms with Crippen LogP contribution in [-0.2, 0) is 9.53 Å². The van der Waals surface area contributed by atoms with Gasteiger partial charge in [-0.2, -0.15) is 0 Å². The van der Waals surface area contributed by atoms with Crippen molar-refractivity contribution in [2.24, 2.45) is 11.8 Å². The summed E-state index contributed by atoms with van der Waals surface area (Å²) < 4.78 is 5.29. The summed E-state index contributed by atoms with van der Waals surface area (Å²) in [6, 6.07) is 7.43. The van der Waals surface area contributed by atoms with Crippen LogP contribution in [0.4, 0.5) is 0 Å². The molecule has 0 radical (unpaired) electrons. The fourth-order valence-electron chi connectivity index (χ4n) is 4.16. The van der Waals surface area contributed by atoms with Crippen LogP contribution < -0.4 is 0 Å². The van der Waals surface area contributed by atoms with Gasteiger partial charge in [-0.05, 0) is 48.8 Å². The number of esters is 1. The van der Waals surface area contributed by atoms with Gasteiger partial charge in [-0.15, -0.1) is 0 Å². The number of fused-ring (bicyclic) bond motifs is 1. The Morgan fingerprint density at radius 3 is 2.95 bits per heavy atom. The van der Waals surface area contributed by atoms with E-state index in [2.05, 4.69) is 6.92 Å². The molecule has 0 amide bonds. The second-order valence-corrected chi connectivity index (χ2v) is 6.64. The lowest BCUT2D eigenvalue weighted by Crippen LogP contribution is -2.20. The van der Waals surface area contributed by atoms with Gasteiger partial charge >= 0.3 is 5.97 Å². The van der Waals surface area contributed by atoms with E-state index in [1.165, 1.54) is 0 Å². The summed E-state index contributed by atoms with van der Waals surface area (Å²) in [5.41, 5.74) is 1.14. The highest BCUT2D eigenvalue weighted by atomic mass is 16.6. The van der Waals surface area contributed by atoms with Gasteiger partial charge in [-0.25, -0.2) is 0 Å². The number of hydrogen-bond acceptors (Lipinski definition) is 4. The Balaban J connectivity index is 1.64. The van der Waals surface area contributed by atoms with Crippen molar-refractivity contribution >= 4 is 5.97 Å². The zero-order valence-electron chi connectivity index (χ0n) is 12.9. The monoisotopic (exact) mass is 304 g/mol. The van der Waals surface area contributed by atoms with Gasteiger partial charge in [-0.1, -0.05) is 19.1 Å². The summed E-state index contributed by atoms with van der Waals surface area (Å²) >= 11 is 0. The first kappa shape index (κ1) is 15.3. The lowest BCUT2D eigenvalue weighted by Gasteiger charge is -2.22. The van der Waals surface area contributed by atoms with Crippen molar-refractivity contribution in [1.29, 1.82) is 0 Å². The Bertz CT molecular complexity index is 542. The van der Waals surface area contributed by atoms with Crippen molar-refractivity contribution < 1.29 is 19.7 Å². The van der Waals surface area contributed by atoms with E-state index < -0.39 is 0 Å². The van der Waals surface area contributed by atoms with Crippen LogP contribution in [0, 0.1) is 11.8 Å². The van der Waals surface area contributed by atoms with Crippen LogP contribution in [0.1, 0.15) is 50.5 Å². The molecule has 1 aromatic carbocycles. The maximum absolute atomic E-state index is 11.4. The zero-order valence-corrected chi connectivity index (χ0v) is 12.9. The molecule has 22 heavy (non-hydrogen) atoms. The maximum Gasteiger partial charge on any atom is 0.306 e. The minimum Gasteiger partial charge on any atom is -0.508 e. The van der Waals surface area contributed by atoms with Crippen LogP contribution in [0.5, 0.6) is 5.75 Å². The van der Waals surface area contributed by atoms with Crippen LogP contribution in [0.15, 0.2) is 24.3 Å². The van der Waals surface area contributed by atoms with E-state index in [1.807, 2.05) is 18.2 Å². The van der Waals surface area contributed by atoms with Gasteiger partial charge in [0.05, 0.1) is 12.5 Å². The van der Waals surface area contributed by atoms with E-state index in [-0.39, 0.29) is 30.0 Å². The Morgan fingerprint density at radius 2 is 2.23 bits per heavy atom. The SMILES string of the molecule is CC[C@H](CCC1C(O)CC2OC(=O)CC21)c1cccc(O)c1. The van der Waals surface area contributed by atoms with E-state index in [0.29, 0.717) is 24.5 Å². The Labute approximate surface area is 131 Å². The van der Waals surface area contributed by atoms with Gasteiger partial charge in [0.15, 0.2) is 0 Å². The fourth-order valence-corrected chi connectivity index (χ4v) is 4.16. The smallest absolute Gasteiger partial charge is 0.306 e. The van der Waals surface area contributed by atoms with E-state index in [0.717, 1.165) is 24.8 Å². The molecular weight excluding hydrogens is 280 g/mol. The third-order valence-corrected chi connectivity index (χ3v) is 5.36. The topological polar surface area (TPSA) is 66.8 Å². The molecule has 1 aromatic rings. The highest BCUT2D eigenvalue weighted by Gasteiger charge is 2.49. The van der Waals surface area contributed by atoms with Crippen LogP contribution >= 0.6 is 0 Å². The quantitative estimate of drug-likeness (QED) is 0.821. The second-order valence-electron chi connectivity index (χ2n) is 6.64. The standard InChI is InChI=1S/C18H24O4/c1-2-11(12-4-3-5-13(19)8-12)6-7-14-15-9-18(21)22-17(15)10-16(14)20/h3-5,8,11,14-17,19-20H,2,6-7,9-10H2,1H3/t11-,14?,15?,16?,17?/m1/s1. The lowest BCUT2D eigenvalue weighted by molar-refractivity contribution is -0.141. The van der Waals surface area contributed by atoms with E-state index >= 15 is 0 Å². The van der Waals surface area contributed by atoms with Crippen molar-refractivity contribution in [3.63, 3.8) is 0 Å². The maximum atomic E-state index is 11.4. The van der Waals surface area contributed by atoms with Crippen LogP contribution in [0.2, 0.25) is 0 Å². The molecule has 1 heterocycles. The number of benzene rings is 1. The average Bonchev–Trinajstić information content (AvgIpc) is 2.96. The molecular formula is C18H24O4. The highest BCUT2D eigenvalue weighted by molar-refractivity contribution is 5.72. The largest absolute Gasteiger partial charge is 0.508 e. The number of ether oxygens (including phenoxy) is 1. The normalized spacial score (nSPS) is 31.8. The first-order chi connectivity index (χ1) is 10.6. The molecule has 1 aliphatic heterocycles. The van der Waals surface area contributed by atoms with Crippen molar-refractivity contribution in [2.75, 3.05) is 0 Å². The highest BCUT2D eigenvalue weighted by Crippen LogP contribution is 2.44. The van der Waals surface area contributed by atoms with Gasteiger partial charge in [0.1, 0.15) is 11.9 Å². The minimum absolute atomic E-state index is 0.0756. The van der Waals surface area contributed by atoms with E-state index in [1.54, 1.807) is 6.07 Å². The summed E-state index contributed by atoms with van der Waals surface area (Å²) in [5, 5.41) is 19.9. The molecule has 1 aliphatic carbocycles. The number of hydrogen-bond donors (Lipinski definition) is 2. The second kappa shape index (κ2) is 6.29. The van der Waals surface area contributed by atoms with Crippen LogP contribution in [0.25, 0.3) is 0 Å². The molecule has 0 aromatic heterocycles. The van der Waals surface area contributed by atoms with E-state index in [9.17, 15) is 15.0 Å². The first-order valence-electron chi connectivity index (χ1n) is 8.25. The van der Waals surface area contributed by atoms with Gasteiger partial charge in [0, 0.05) is 12.3 Å². The number of carbonyl (C=O) groups is 1. The Morgan fingerprint density at radius 1 is 1.41 bits per heavy atom. The number of carbonyl (C=O) groups excluding carboxylic acids is 1. The van der Waals surface area contributed by atoms with Gasteiger partial charge in [0.2, 0.25) is 0 Å². The molecule has 5 atom stereocenters. The zero-order chi connectivity index (χ0) is 15.7. The van der Waals surface area contributed by atoms with Crippen LogP contribution in [0.3, 0.4) is 0 Å². The summed E-state index contributed by atoms with van der Waals surface area (Å²) in [5.74, 6) is 0.891. The summed E-state index contributed by atoms with van der Waals surface area (Å²) in [6.45, 7) is 2.14. The predicted octanol–water partition coefficient (Wildman–Crippen LogP) is 2.98. The number of aromatic hydroxyl groups is 1. The molecule has 4 nitrogen and oxygen atoms in total. The number of aliphatic hydroxyl groups excluding tert-OH is 1. The fraction of sp³-hybridized carbons (Fsp3) is 0.611. The number of aliphatic hydroxyl groups is 1. The summed E-state index contributed by atoms with van der Waals surface area (Å²) in [4.78, 5) is 11.4. The van der Waals surface area contributed by atoms with Crippen molar-refractivity contribution in [3.05, 3.63) is 29.8 Å². The molecule has 1 saturated carbocycles. The number of phenols is 1. The van der Waals surface area contributed by atoms with Crippen molar-refractivity contribution in [3.8, 4) is 5.75 Å². The van der Waals surface area contributed by atoms with E-state index in [4.69, 9.17) is 4.74 Å². The third-order valence-electron chi connectivity index (χ3n) is 5.36. The predicted molar refractivity (Wildman–Crippen MR) is 82.5 cm³/mol. The minimum atomic E-state index is -0.357. The lowest BCUT2D eigenvalue weighted by atomic mass is 9.83. The molecule has 4 unspecified atom stereocenters. The van der Waals surface area contributed by atoms with Crippen molar-refractivity contribution in [1.82, 2.24) is 0 Å². The van der Waals surface area contributed by atoms with Gasteiger partial charge < -0.3 is 14.9 Å². The number of rotatable bonds is 5. The third kappa shape index (κ3) is 2.98. The molecule has 2 aliphatic rings. The molecule has 120 valence electrons. The molecule has 0 spiro atoms. The van der Waals surface area contributed by atoms with Gasteiger partial charge in [-0.3, -0.25) is 4.79 Å². The number of phenolic OH excluding ortho intramolecular Hbond substituents is 1. The van der Waals surface area contributed by atoms with Crippen molar-refractivity contribution in [2.45, 2.75) is 57.2 Å². The molecule has 4 heteroatoms. The molecule has 2 N–H and O–H groups in total. The molecule has 1 saturated heterocycles. The Hall–Kier alpha value is -1.55. The molecule has 2 fully saturated rings. The summed E-state index contributed by atoms with van der Waals surface area (Å²) in [6.07, 6.45) is 3.46. The Kier molecular flexibility index (Phi) is 4.39. The molecule has 0 bridgehead atoms.